The number of nitrogens with one attached hydrogen (secondary N) is 1. The van der Waals surface area contributed by atoms with Crippen molar-refractivity contribution in [1.82, 2.24) is 5.16 Å². The second kappa shape index (κ2) is 6.26. The Morgan fingerprint density at radius 3 is 2.36 bits per heavy atom. The van der Waals surface area contributed by atoms with E-state index < -0.39 is 20.0 Å². The van der Waals surface area contributed by atoms with Gasteiger partial charge in [0.15, 0.2) is 5.76 Å². The minimum atomic E-state index is -3.83. The van der Waals surface area contributed by atoms with Gasteiger partial charge in [-0.1, -0.05) is 5.16 Å². The maximum atomic E-state index is 12.4. The molecule has 2 heterocycles. The zero-order valence-corrected chi connectivity index (χ0v) is 15.3. The minimum absolute atomic E-state index is 0.0899. The molecule has 2 aromatic heterocycles. The number of aryl methyl sites for hydroxylation is 1. The van der Waals surface area contributed by atoms with Gasteiger partial charge in [0.1, 0.15) is 4.21 Å². The summed E-state index contributed by atoms with van der Waals surface area (Å²) in [6.45, 7) is 1.77. The number of hydrogen-bond donors (Lipinski definition) is 2. The Hall–Kier alpha value is -2.21. The molecular formula is C14H13N3O5S3. The Balaban J connectivity index is 1.84. The van der Waals surface area contributed by atoms with E-state index in [2.05, 4.69) is 9.88 Å². The van der Waals surface area contributed by atoms with E-state index in [-0.39, 0.29) is 14.8 Å². The van der Waals surface area contributed by atoms with Crippen molar-refractivity contribution in [1.29, 1.82) is 0 Å². The van der Waals surface area contributed by atoms with Crippen LogP contribution in [-0.2, 0) is 20.0 Å². The lowest BCUT2D eigenvalue weighted by molar-refractivity contribution is 0.427. The highest BCUT2D eigenvalue weighted by molar-refractivity contribution is 7.94. The summed E-state index contributed by atoms with van der Waals surface area (Å²) in [6.07, 6.45) is 0. The molecule has 0 saturated carbocycles. The monoisotopic (exact) mass is 399 g/mol. The molecule has 11 heteroatoms. The Kier molecular flexibility index (Phi) is 4.41. The third kappa shape index (κ3) is 3.90. The molecule has 0 radical (unpaired) electrons. The first-order valence-electron chi connectivity index (χ1n) is 6.83. The largest absolute Gasteiger partial charge is 0.356 e. The van der Waals surface area contributed by atoms with Crippen molar-refractivity contribution < 1.29 is 21.4 Å². The number of primary sulfonamides is 1. The fourth-order valence-corrected chi connectivity index (χ4v) is 4.75. The van der Waals surface area contributed by atoms with Crippen LogP contribution in [0.15, 0.2) is 55.4 Å². The third-order valence-electron chi connectivity index (χ3n) is 3.19. The van der Waals surface area contributed by atoms with Crippen LogP contribution in [0.3, 0.4) is 0 Å². The second-order valence-electron chi connectivity index (χ2n) is 5.16. The molecule has 3 rings (SSSR count). The molecular weight excluding hydrogens is 386 g/mol. The summed E-state index contributed by atoms with van der Waals surface area (Å²) in [6, 6.07) is 8.29. The van der Waals surface area contributed by atoms with Gasteiger partial charge in [0.05, 0.1) is 10.6 Å². The number of thiophene rings is 1. The van der Waals surface area contributed by atoms with Crippen molar-refractivity contribution in [2.24, 2.45) is 5.14 Å². The number of nitrogens with two attached hydrogens (primary N) is 1. The zero-order valence-electron chi connectivity index (χ0n) is 12.8. The van der Waals surface area contributed by atoms with Gasteiger partial charge < -0.3 is 4.52 Å². The fraction of sp³-hybridized carbons (Fsp3) is 0.0714. The Morgan fingerprint density at radius 2 is 1.80 bits per heavy atom. The number of aromatic nitrogens is 1. The van der Waals surface area contributed by atoms with Crippen molar-refractivity contribution in [2.75, 3.05) is 4.72 Å². The van der Waals surface area contributed by atoms with Crippen LogP contribution in [-0.4, -0.2) is 22.0 Å². The maximum absolute atomic E-state index is 12.4. The highest BCUT2D eigenvalue weighted by atomic mass is 32.2. The molecule has 1 aromatic carbocycles. The van der Waals surface area contributed by atoms with Crippen LogP contribution in [0.5, 0.6) is 0 Å². The van der Waals surface area contributed by atoms with Crippen molar-refractivity contribution >= 4 is 37.1 Å². The van der Waals surface area contributed by atoms with E-state index in [1.807, 2.05) is 0 Å². The SMILES string of the molecule is Cc1cc(-c2csc(S(=O)(=O)Nc3ccc(S(N)(=O)=O)cc3)c2)on1. The molecule has 0 bridgehead atoms. The van der Waals surface area contributed by atoms with Gasteiger partial charge in [-0.3, -0.25) is 4.72 Å². The predicted octanol–water partition coefficient (Wildman–Crippen LogP) is 2.16. The molecule has 0 amide bonds. The van der Waals surface area contributed by atoms with Gasteiger partial charge in [0, 0.05) is 22.7 Å². The highest BCUT2D eigenvalue weighted by Crippen LogP contribution is 2.30. The average molecular weight is 399 g/mol. The summed E-state index contributed by atoms with van der Waals surface area (Å²) >= 11 is 1.03. The molecule has 0 atom stereocenters. The molecule has 0 spiro atoms. The van der Waals surface area contributed by atoms with Crippen LogP contribution < -0.4 is 9.86 Å². The van der Waals surface area contributed by atoms with Gasteiger partial charge in [-0.2, -0.15) is 0 Å². The summed E-state index contributed by atoms with van der Waals surface area (Å²) in [5.41, 5.74) is 1.52. The molecule has 3 aromatic rings. The van der Waals surface area contributed by atoms with E-state index in [1.54, 1.807) is 18.4 Å². The van der Waals surface area contributed by atoms with Crippen molar-refractivity contribution in [3.63, 3.8) is 0 Å². The third-order valence-corrected chi connectivity index (χ3v) is 6.94. The van der Waals surface area contributed by atoms with Crippen molar-refractivity contribution in [3.05, 3.63) is 47.5 Å². The van der Waals surface area contributed by atoms with Gasteiger partial charge in [-0.05, 0) is 37.3 Å². The van der Waals surface area contributed by atoms with E-state index in [9.17, 15) is 16.8 Å². The van der Waals surface area contributed by atoms with Crippen LogP contribution in [0.2, 0.25) is 0 Å². The molecule has 0 unspecified atom stereocenters. The molecule has 0 aliphatic rings. The molecule has 8 nitrogen and oxygen atoms in total. The Bertz CT molecular complexity index is 1110. The van der Waals surface area contributed by atoms with Crippen LogP contribution in [0, 0.1) is 6.92 Å². The number of anilines is 1. The minimum Gasteiger partial charge on any atom is -0.356 e. The lowest BCUT2D eigenvalue weighted by atomic mass is 10.2. The summed E-state index contributed by atoms with van der Waals surface area (Å²) in [5.74, 6) is 0.479. The van der Waals surface area contributed by atoms with Crippen molar-refractivity contribution in [3.8, 4) is 11.3 Å². The molecule has 0 aliphatic carbocycles. The summed E-state index contributed by atoms with van der Waals surface area (Å²) < 4.78 is 54.9. The maximum Gasteiger partial charge on any atom is 0.271 e. The average Bonchev–Trinajstić information content (AvgIpc) is 3.15. The van der Waals surface area contributed by atoms with Crippen LogP contribution in [0.1, 0.15) is 5.69 Å². The second-order valence-corrected chi connectivity index (χ2v) is 9.54. The quantitative estimate of drug-likeness (QED) is 0.675. The van der Waals surface area contributed by atoms with E-state index in [0.29, 0.717) is 17.0 Å². The number of rotatable bonds is 5. The van der Waals surface area contributed by atoms with Crippen LogP contribution in [0.4, 0.5) is 5.69 Å². The molecule has 3 N–H and O–H groups in total. The van der Waals surface area contributed by atoms with Gasteiger partial charge in [0.25, 0.3) is 10.0 Å². The summed E-state index contributed by atoms with van der Waals surface area (Å²) in [5, 5.41) is 10.4. The van der Waals surface area contributed by atoms with Gasteiger partial charge in [0.2, 0.25) is 10.0 Å². The first-order chi connectivity index (χ1) is 11.6. The fourth-order valence-electron chi connectivity index (χ4n) is 2.00. The number of benzene rings is 1. The Labute approximate surface area is 148 Å². The summed E-state index contributed by atoms with van der Waals surface area (Å²) in [4.78, 5) is -0.102. The normalized spacial score (nSPS) is 12.2. The molecule has 0 aliphatic heterocycles. The van der Waals surface area contributed by atoms with E-state index in [0.717, 1.165) is 11.3 Å². The first kappa shape index (κ1) is 17.6. The van der Waals surface area contributed by atoms with Crippen LogP contribution in [0.25, 0.3) is 11.3 Å². The first-order valence-corrected chi connectivity index (χ1v) is 10.7. The van der Waals surface area contributed by atoms with Gasteiger partial charge in [-0.25, -0.2) is 22.0 Å². The van der Waals surface area contributed by atoms with E-state index in [1.165, 1.54) is 30.3 Å². The zero-order chi connectivity index (χ0) is 18.2. The highest BCUT2D eigenvalue weighted by Gasteiger charge is 2.19. The van der Waals surface area contributed by atoms with Gasteiger partial charge in [-0.15, -0.1) is 11.3 Å². The molecule has 132 valence electrons. The van der Waals surface area contributed by atoms with E-state index >= 15 is 0 Å². The Morgan fingerprint density at radius 1 is 1.12 bits per heavy atom. The smallest absolute Gasteiger partial charge is 0.271 e. The summed E-state index contributed by atoms with van der Waals surface area (Å²) in [7, 11) is -7.65. The molecule has 25 heavy (non-hydrogen) atoms. The standard InChI is InChI=1S/C14H13N3O5S3/c1-9-6-13(22-16-9)10-7-14(23-8-10)25(20,21)17-11-2-4-12(5-3-11)24(15,18)19/h2-8,17H,1H3,(H2,15,18,19). The molecule has 0 fully saturated rings. The van der Waals surface area contributed by atoms with Gasteiger partial charge >= 0.3 is 0 Å². The lowest BCUT2D eigenvalue weighted by Gasteiger charge is -2.06. The van der Waals surface area contributed by atoms with E-state index in [4.69, 9.17) is 9.66 Å². The van der Waals surface area contributed by atoms with Crippen LogP contribution >= 0.6 is 11.3 Å². The number of sulfonamides is 2. The molecule has 0 saturated heterocycles. The topological polar surface area (TPSA) is 132 Å². The number of nitrogens with zero attached hydrogens (tertiary/aromatic N) is 1. The van der Waals surface area contributed by atoms with Crippen molar-refractivity contribution in [2.45, 2.75) is 16.0 Å². The predicted molar refractivity (Wildman–Crippen MR) is 93.2 cm³/mol. The number of hydrogen-bond acceptors (Lipinski definition) is 7. The lowest BCUT2D eigenvalue weighted by Crippen LogP contribution is -2.13.